The minimum Gasteiger partial charge on any atom is -0.208 e. The Labute approximate surface area is 297 Å². The number of nitrogens with zero attached hydrogens (tertiary/aromatic N) is 3. The largest absolute Gasteiger partial charge is 0.208 e. The highest BCUT2D eigenvalue weighted by Crippen LogP contribution is 2.43. The van der Waals surface area contributed by atoms with Crippen LogP contribution in [0.4, 0.5) is 0 Å². The lowest BCUT2D eigenvalue weighted by atomic mass is 9.96. The zero-order valence-corrected chi connectivity index (χ0v) is 28.2. The second-order valence-corrected chi connectivity index (χ2v) is 14.0. The van der Waals surface area contributed by atoms with Gasteiger partial charge in [-0.25, -0.2) is 15.0 Å². The van der Waals surface area contributed by atoms with Gasteiger partial charge >= 0.3 is 0 Å². The van der Waals surface area contributed by atoms with E-state index in [1.54, 1.807) is 11.3 Å². The van der Waals surface area contributed by atoms with Crippen molar-refractivity contribution in [2.75, 3.05) is 0 Å². The summed E-state index contributed by atoms with van der Waals surface area (Å²) in [5, 5.41) is 9.99. The van der Waals surface area contributed by atoms with Gasteiger partial charge in [-0.15, -0.1) is 11.3 Å². The summed E-state index contributed by atoms with van der Waals surface area (Å²) in [6.07, 6.45) is 0. The number of fused-ring (bicyclic) bond motifs is 8. The maximum Gasteiger partial charge on any atom is 0.165 e. The molecule has 0 amide bonds. The number of aromatic nitrogens is 3. The fourth-order valence-electron chi connectivity index (χ4n) is 7.15. The van der Waals surface area contributed by atoms with E-state index in [1.165, 1.54) is 26.2 Å². The fraction of sp³-hybridized carbons (Fsp3) is 0. The molecular formula is C45H26ClN3S. The van der Waals surface area contributed by atoms with E-state index in [0.29, 0.717) is 22.5 Å². The number of hydrogen-bond donors (Lipinski definition) is 0. The number of halogens is 1. The summed E-state index contributed by atoms with van der Waals surface area (Å²) in [4.78, 5) is 15.5. The Morgan fingerprint density at radius 3 is 1.86 bits per heavy atom. The molecule has 0 saturated carbocycles. The third-order valence-electron chi connectivity index (χ3n) is 9.56. The van der Waals surface area contributed by atoms with E-state index in [-0.39, 0.29) is 0 Å². The molecular weight excluding hydrogens is 650 g/mol. The van der Waals surface area contributed by atoms with Crippen LogP contribution in [0.25, 0.3) is 97.8 Å². The Balaban J connectivity index is 1.23. The molecule has 0 saturated heterocycles. The zero-order valence-electron chi connectivity index (χ0n) is 26.6. The maximum atomic E-state index is 7.19. The van der Waals surface area contributed by atoms with Crippen LogP contribution in [0, 0.1) is 0 Å². The maximum absolute atomic E-state index is 7.19. The molecule has 3 nitrogen and oxygen atoms in total. The van der Waals surface area contributed by atoms with E-state index in [4.69, 9.17) is 26.6 Å². The first kappa shape index (κ1) is 29.0. The Hall–Kier alpha value is -5.94. The number of hydrogen-bond acceptors (Lipinski definition) is 4. The van der Waals surface area contributed by atoms with E-state index >= 15 is 0 Å². The predicted octanol–water partition coefficient (Wildman–Crippen LogP) is 13.0. The molecule has 2 aromatic heterocycles. The summed E-state index contributed by atoms with van der Waals surface area (Å²) in [6, 6.07) is 55.1. The number of thiophene rings is 1. The first-order chi connectivity index (χ1) is 24.7. The van der Waals surface area contributed by atoms with Crippen molar-refractivity contribution in [1.82, 2.24) is 15.0 Å². The molecule has 0 bridgehead atoms. The summed E-state index contributed by atoms with van der Waals surface area (Å²) in [5.41, 5.74) is 4.87. The van der Waals surface area contributed by atoms with Crippen LogP contribution in [0.15, 0.2) is 158 Å². The zero-order chi connectivity index (χ0) is 33.2. The molecule has 234 valence electrons. The fourth-order valence-corrected chi connectivity index (χ4v) is 8.66. The van der Waals surface area contributed by atoms with Crippen LogP contribution in [-0.4, -0.2) is 15.0 Å². The number of benzene rings is 8. The molecule has 0 aliphatic carbocycles. The predicted molar refractivity (Wildman–Crippen MR) is 212 cm³/mol. The van der Waals surface area contributed by atoms with Gasteiger partial charge in [0.05, 0.1) is 5.02 Å². The summed E-state index contributed by atoms with van der Waals surface area (Å²) < 4.78 is 2.39. The monoisotopic (exact) mass is 675 g/mol. The standard InChI is InChI=1S/C45H26ClN3S/c46-40-25-37-36-22-21-28-13-4-7-18-33(28)42(36)50-41(37)26-39(40)45-48-43(31-16-10-15-29(23-31)27-11-2-1-3-12-27)47-44(49-45)38-24-30-14-5-6-17-32(30)34-19-8-9-20-35(34)38/h1-26H. The van der Waals surface area contributed by atoms with Crippen molar-refractivity contribution < 1.29 is 0 Å². The van der Waals surface area contributed by atoms with E-state index in [2.05, 4.69) is 152 Å². The molecule has 10 aromatic rings. The third kappa shape index (κ3) is 4.76. The van der Waals surface area contributed by atoms with E-state index < -0.39 is 0 Å². The smallest absolute Gasteiger partial charge is 0.165 e. The van der Waals surface area contributed by atoms with Crippen LogP contribution < -0.4 is 0 Å². The number of rotatable bonds is 4. The molecule has 0 aliphatic rings. The molecule has 0 radical (unpaired) electrons. The Morgan fingerprint density at radius 2 is 1.02 bits per heavy atom. The van der Waals surface area contributed by atoms with Crippen molar-refractivity contribution in [1.29, 1.82) is 0 Å². The van der Waals surface area contributed by atoms with Gasteiger partial charge in [0, 0.05) is 36.9 Å². The van der Waals surface area contributed by atoms with Gasteiger partial charge < -0.3 is 0 Å². The van der Waals surface area contributed by atoms with Gasteiger partial charge in [0.15, 0.2) is 17.5 Å². The third-order valence-corrected chi connectivity index (χ3v) is 11.1. The van der Waals surface area contributed by atoms with Gasteiger partial charge in [-0.05, 0) is 67.7 Å². The van der Waals surface area contributed by atoms with Crippen molar-refractivity contribution in [2.45, 2.75) is 0 Å². The summed E-state index contributed by atoms with van der Waals surface area (Å²) >= 11 is 8.98. The van der Waals surface area contributed by atoms with Gasteiger partial charge in [-0.1, -0.05) is 145 Å². The highest BCUT2D eigenvalue weighted by atomic mass is 35.5. The van der Waals surface area contributed by atoms with E-state index in [1.807, 2.05) is 6.07 Å². The lowest BCUT2D eigenvalue weighted by Gasteiger charge is -2.13. The van der Waals surface area contributed by atoms with Crippen molar-refractivity contribution in [3.05, 3.63) is 163 Å². The lowest BCUT2D eigenvalue weighted by Crippen LogP contribution is -2.01. The van der Waals surface area contributed by atoms with Crippen LogP contribution in [-0.2, 0) is 0 Å². The minimum absolute atomic E-state index is 0.543. The summed E-state index contributed by atoms with van der Waals surface area (Å²) in [5.74, 6) is 1.75. The first-order valence-electron chi connectivity index (χ1n) is 16.5. The van der Waals surface area contributed by atoms with Gasteiger partial charge in [0.1, 0.15) is 0 Å². The van der Waals surface area contributed by atoms with E-state index in [0.717, 1.165) is 54.1 Å². The molecule has 0 atom stereocenters. The molecule has 10 rings (SSSR count). The second-order valence-electron chi connectivity index (χ2n) is 12.5. The molecule has 0 fully saturated rings. The van der Waals surface area contributed by atoms with Gasteiger partial charge in [0.25, 0.3) is 0 Å². The molecule has 5 heteroatoms. The van der Waals surface area contributed by atoms with E-state index in [9.17, 15) is 0 Å². The normalized spacial score (nSPS) is 11.7. The van der Waals surface area contributed by atoms with Gasteiger partial charge in [-0.3, -0.25) is 0 Å². The molecule has 0 spiro atoms. The average molecular weight is 676 g/mol. The SMILES string of the molecule is Clc1cc2c(cc1-c1nc(-c3cccc(-c4ccccc4)c3)nc(-c3cc4ccccc4c4ccccc34)n1)sc1c3ccccc3ccc21. The second kappa shape index (κ2) is 11.6. The molecule has 0 N–H and O–H groups in total. The van der Waals surface area contributed by atoms with Crippen LogP contribution in [0.5, 0.6) is 0 Å². The van der Waals surface area contributed by atoms with Crippen LogP contribution in [0.1, 0.15) is 0 Å². The molecule has 50 heavy (non-hydrogen) atoms. The topological polar surface area (TPSA) is 38.7 Å². The van der Waals surface area contributed by atoms with Crippen LogP contribution in [0.2, 0.25) is 5.02 Å². The Bertz CT molecular complexity index is 2950. The summed E-state index contributed by atoms with van der Waals surface area (Å²) in [7, 11) is 0. The molecule has 0 aliphatic heterocycles. The van der Waals surface area contributed by atoms with Crippen molar-refractivity contribution >= 4 is 75.4 Å². The van der Waals surface area contributed by atoms with Crippen LogP contribution >= 0.6 is 22.9 Å². The Morgan fingerprint density at radius 1 is 0.380 bits per heavy atom. The molecule has 8 aromatic carbocycles. The average Bonchev–Trinajstić information content (AvgIpc) is 3.55. The lowest BCUT2D eigenvalue weighted by molar-refractivity contribution is 1.08. The van der Waals surface area contributed by atoms with Crippen molar-refractivity contribution in [2.24, 2.45) is 0 Å². The highest BCUT2D eigenvalue weighted by molar-refractivity contribution is 7.26. The first-order valence-corrected chi connectivity index (χ1v) is 17.7. The van der Waals surface area contributed by atoms with Crippen LogP contribution in [0.3, 0.4) is 0 Å². The quantitative estimate of drug-likeness (QED) is 0.174. The van der Waals surface area contributed by atoms with Gasteiger partial charge in [0.2, 0.25) is 0 Å². The molecule has 0 unspecified atom stereocenters. The molecule has 2 heterocycles. The minimum atomic E-state index is 0.543. The Kier molecular flexibility index (Phi) is 6.73. The summed E-state index contributed by atoms with van der Waals surface area (Å²) in [6.45, 7) is 0. The van der Waals surface area contributed by atoms with Crippen molar-refractivity contribution in [3.63, 3.8) is 0 Å². The van der Waals surface area contributed by atoms with Gasteiger partial charge in [-0.2, -0.15) is 0 Å². The highest BCUT2D eigenvalue weighted by Gasteiger charge is 2.19. The van der Waals surface area contributed by atoms with Crippen molar-refractivity contribution in [3.8, 4) is 45.3 Å².